The Bertz CT molecular complexity index is 360. The fraction of sp³-hybridized carbons (Fsp3) is 0.429. The van der Waals surface area contributed by atoms with Crippen LogP contribution < -0.4 is 0 Å². The van der Waals surface area contributed by atoms with Crippen molar-refractivity contribution in [1.82, 2.24) is 0 Å². The van der Waals surface area contributed by atoms with Gasteiger partial charge in [-0.1, -0.05) is 12.8 Å². The van der Waals surface area contributed by atoms with Crippen LogP contribution in [0.5, 0.6) is 0 Å². The molecule has 112 valence electrons. The number of carboxylic acids is 2. The molecule has 0 fully saturated rings. The minimum absolute atomic E-state index is 0.0833. The molecule has 0 radical (unpaired) electrons. The Morgan fingerprint density at radius 3 is 1.20 bits per heavy atom. The van der Waals surface area contributed by atoms with E-state index in [-0.39, 0.29) is 24.3 Å². The number of hydrogen-bond acceptors (Lipinski definition) is 4. The van der Waals surface area contributed by atoms with E-state index in [1.54, 1.807) is 0 Å². The van der Waals surface area contributed by atoms with Gasteiger partial charge in [0.25, 0.3) is 0 Å². The van der Waals surface area contributed by atoms with Gasteiger partial charge in [-0.25, -0.2) is 9.59 Å². The Hall–Kier alpha value is -1.92. The lowest BCUT2D eigenvalue weighted by molar-refractivity contribution is 0.0681. The standard InChI is InChI=1S/C8H6O4.C6H14O2/c9-7(10)5-1-2-6(4-3-5)8(11)12;7-5-3-1-2-4-6-8/h1-4H,(H,9,10)(H,11,12);7-8H,1-6H2. The summed E-state index contributed by atoms with van der Waals surface area (Å²) in [4.78, 5) is 20.7. The van der Waals surface area contributed by atoms with E-state index in [0.29, 0.717) is 0 Å². The predicted octanol–water partition coefficient (Wildman–Crippen LogP) is 1.61. The third kappa shape index (κ3) is 8.23. The maximum absolute atomic E-state index is 10.3. The van der Waals surface area contributed by atoms with E-state index >= 15 is 0 Å². The highest BCUT2D eigenvalue weighted by Gasteiger charge is 2.04. The van der Waals surface area contributed by atoms with Gasteiger partial charge in [0.05, 0.1) is 11.1 Å². The second-order valence-electron chi connectivity index (χ2n) is 4.05. The first-order chi connectivity index (χ1) is 9.52. The van der Waals surface area contributed by atoms with Gasteiger partial charge in [-0.2, -0.15) is 0 Å². The number of aromatic carboxylic acids is 2. The summed E-state index contributed by atoms with van der Waals surface area (Å²) in [6.45, 7) is 0.566. The van der Waals surface area contributed by atoms with Crippen LogP contribution in [0.25, 0.3) is 0 Å². The Labute approximate surface area is 117 Å². The van der Waals surface area contributed by atoms with Crippen molar-refractivity contribution in [2.75, 3.05) is 13.2 Å². The largest absolute Gasteiger partial charge is 0.478 e. The molecule has 6 nitrogen and oxygen atoms in total. The van der Waals surface area contributed by atoms with Gasteiger partial charge in [-0.15, -0.1) is 0 Å². The zero-order valence-electron chi connectivity index (χ0n) is 11.2. The van der Waals surface area contributed by atoms with Gasteiger partial charge < -0.3 is 20.4 Å². The normalized spacial score (nSPS) is 9.50. The fourth-order valence-corrected chi connectivity index (χ4v) is 1.33. The molecule has 0 unspecified atom stereocenters. The minimum Gasteiger partial charge on any atom is -0.478 e. The third-order valence-electron chi connectivity index (χ3n) is 2.45. The number of unbranched alkanes of at least 4 members (excludes halogenated alkanes) is 3. The number of hydrogen-bond donors (Lipinski definition) is 4. The molecule has 0 heterocycles. The molecule has 20 heavy (non-hydrogen) atoms. The van der Waals surface area contributed by atoms with Crippen LogP contribution >= 0.6 is 0 Å². The quantitative estimate of drug-likeness (QED) is 0.565. The second kappa shape index (κ2) is 11.0. The summed E-state index contributed by atoms with van der Waals surface area (Å²) >= 11 is 0. The van der Waals surface area contributed by atoms with Gasteiger partial charge in [0.2, 0.25) is 0 Å². The molecule has 0 spiro atoms. The number of aliphatic hydroxyl groups excluding tert-OH is 2. The summed E-state index contributed by atoms with van der Waals surface area (Å²) in [5, 5.41) is 33.5. The SMILES string of the molecule is O=C(O)c1ccc(C(=O)O)cc1.OCCCCCCO. The number of rotatable bonds is 7. The molecule has 6 heteroatoms. The van der Waals surface area contributed by atoms with Crippen molar-refractivity contribution in [2.45, 2.75) is 25.7 Å². The molecule has 0 bridgehead atoms. The van der Waals surface area contributed by atoms with Crippen LogP contribution in [0.4, 0.5) is 0 Å². The minimum atomic E-state index is -1.06. The zero-order chi connectivity index (χ0) is 15.4. The van der Waals surface area contributed by atoms with Gasteiger partial charge in [-0.05, 0) is 37.1 Å². The molecule has 0 amide bonds. The second-order valence-corrected chi connectivity index (χ2v) is 4.05. The summed E-state index contributed by atoms with van der Waals surface area (Å²) in [5.74, 6) is -2.13. The van der Waals surface area contributed by atoms with Crippen LogP contribution in [0, 0.1) is 0 Å². The van der Waals surface area contributed by atoms with Crippen molar-refractivity contribution in [3.8, 4) is 0 Å². The molecule has 0 aliphatic rings. The molecule has 0 aliphatic heterocycles. The van der Waals surface area contributed by atoms with Crippen LogP contribution in [-0.2, 0) is 0 Å². The van der Waals surface area contributed by atoms with E-state index < -0.39 is 11.9 Å². The smallest absolute Gasteiger partial charge is 0.335 e. The molecular formula is C14H20O6. The summed E-state index contributed by atoms with van der Waals surface area (Å²) in [7, 11) is 0. The van der Waals surface area contributed by atoms with Crippen LogP contribution in [0.2, 0.25) is 0 Å². The summed E-state index contributed by atoms with van der Waals surface area (Å²) in [6, 6.07) is 5.02. The molecule has 0 saturated carbocycles. The first kappa shape index (κ1) is 18.1. The highest BCUT2D eigenvalue weighted by molar-refractivity contribution is 5.91. The number of carbonyl (C=O) groups is 2. The van der Waals surface area contributed by atoms with Crippen LogP contribution in [-0.4, -0.2) is 45.6 Å². The lowest BCUT2D eigenvalue weighted by atomic mass is 10.1. The van der Waals surface area contributed by atoms with Crippen molar-refractivity contribution in [3.05, 3.63) is 35.4 Å². The first-order valence-corrected chi connectivity index (χ1v) is 6.31. The van der Waals surface area contributed by atoms with E-state index in [1.807, 2.05) is 0 Å². The molecule has 0 saturated heterocycles. The maximum Gasteiger partial charge on any atom is 0.335 e. The highest BCUT2D eigenvalue weighted by Crippen LogP contribution is 2.03. The van der Waals surface area contributed by atoms with Gasteiger partial charge in [0.15, 0.2) is 0 Å². The molecular weight excluding hydrogens is 264 g/mol. The monoisotopic (exact) mass is 284 g/mol. The molecule has 1 rings (SSSR count). The van der Waals surface area contributed by atoms with Gasteiger partial charge >= 0.3 is 11.9 Å². The van der Waals surface area contributed by atoms with Gasteiger partial charge in [-0.3, -0.25) is 0 Å². The van der Waals surface area contributed by atoms with Crippen LogP contribution in [0.1, 0.15) is 46.4 Å². The number of benzene rings is 1. The van der Waals surface area contributed by atoms with Gasteiger partial charge in [0.1, 0.15) is 0 Å². The summed E-state index contributed by atoms with van der Waals surface area (Å²) < 4.78 is 0. The summed E-state index contributed by atoms with van der Waals surface area (Å²) in [5.41, 5.74) is 0.167. The van der Waals surface area contributed by atoms with Crippen molar-refractivity contribution in [1.29, 1.82) is 0 Å². The lowest BCUT2D eigenvalue weighted by Crippen LogP contribution is -1.99. The Kier molecular flexibility index (Phi) is 9.90. The molecule has 0 aromatic heterocycles. The molecule has 1 aromatic rings. The molecule has 0 atom stereocenters. The molecule has 4 N–H and O–H groups in total. The van der Waals surface area contributed by atoms with Crippen molar-refractivity contribution in [2.24, 2.45) is 0 Å². The van der Waals surface area contributed by atoms with Crippen molar-refractivity contribution in [3.63, 3.8) is 0 Å². The lowest BCUT2D eigenvalue weighted by Gasteiger charge is -1.94. The Morgan fingerprint density at radius 2 is 1.00 bits per heavy atom. The van der Waals surface area contributed by atoms with Crippen LogP contribution in [0.3, 0.4) is 0 Å². The highest BCUT2D eigenvalue weighted by atomic mass is 16.4. The average molecular weight is 284 g/mol. The van der Waals surface area contributed by atoms with Crippen LogP contribution in [0.15, 0.2) is 24.3 Å². The average Bonchev–Trinajstić information content (AvgIpc) is 2.44. The number of carboxylic acid groups (broad SMARTS) is 2. The van der Waals surface area contributed by atoms with E-state index in [0.717, 1.165) is 25.7 Å². The van der Waals surface area contributed by atoms with E-state index in [9.17, 15) is 9.59 Å². The van der Waals surface area contributed by atoms with E-state index in [4.69, 9.17) is 20.4 Å². The first-order valence-electron chi connectivity index (χ1n) is 6.31. The Morgan fingerprint density at radius 1 is 0.700 bits per heavy atom. The molecule has 1 aromatic carbocycles. The number of aliphatic hydroxyl groups is 2. The van der Waals surface area contributed by atoms with E-state index in [2.05, 4.69) is 0 Å². The predicted molar refractivity (Wildman–Crippen MR) is 73.0 cm³/mol. The van der Waals surface area contributed by atoms with E-state index in [1.165, 1.54) is 24.3 Å². The van der Waals surface area contributed by atoms with Crippen molar-refractivity contribution >= 4 is 11.9 Å². The molecule has 0 aliphatic carbocycles. The third-order valence-corrected chi connectivity index (χ3v) is 2.45. The Balaban J connectivity index is 0.000000396. The van der Waals surface area contributed by atoms with Crippen molar-refractivity contribution < 1.29 is 30.0 Å². The maximum atomic E-state index is 10.3. The zero-order valence-corrected chi connectivity index (χ0v) is 11.2. The fourth-order valence-electron chi connectivity index (χ4n) is 1.33. The topological polar surface area (TPSA) is 115 Å². The summed E-state index contributed by atoms with van der Waals surface area (Å²) in [6.07, 6.45) is 3.83. The van der Waals surface area contributed by atoms with Gasteiger partial charge in [0, 0.05) is 13.2 Å².